The zero-order chi connectivity index (χ0) is 19.2. The van der Waals surface area contributed by atoms with E-state index < -0.39 is 0 Å². The van der Waals surface area contributed by atoms with E-state index >= 15 is 0 Å². The zero-order valence-corrected chi connectivity index (χ0v) is 16.0. The normalized spacial score (nSPS) is 13.0. The Balaban J connectivity index is 1.63. The molecule has 0 aliphatic carbocycles. The monoisotopic (exact) mass is 387 g/mol. The molecule has 1 aliphatic heterocycles. The molecule has 2 aromatic rings. The second-order valence-electron chi connectivity index (χ2n) is 6.33. The van der Waals surface area contributed by atoms with Gasteiger partial charge in [0.05, 0.1) is 18.7 Å². The number of nitrogens with zero attached hydrogens (tertiary/aromatic N) is 2. The van der Waals surface area contributed by atoms with E-state index in [0.29, 0.717) is 49.7 Å². The van der Waals surface area contributed by atoms with Crippen molar-refractivity contribution < 1.29 is 14.3 Å². The molecule has 0 radical (unpaired) electrons. The van der Waals surface area contributed by atoms with Crippen molar-refractivity contribution in [3.63, 3.8) is 0 Å². The second kappa shape index (κ2) is 8.86. The van der Waals surface area contributed by atoms with Crippen LogP contribution in [0.1, 0.15) is 34.0 Å². The molecule has 3 rings (SSSR count). The Morgan fingerprint density at radius 1 is 1.33 bits per heavy atom. The number of nitrogens with one attached hydrogen (secondary N) is 1. The summed E-state index contributed by atoms with van der Waals surface area (Å²) in [6.45, 7) is 3.57. The lowest BCUT2D eigenvalue weighted by Gasteiger charge is -2.28. The van der Waals surface area contributed by atoms with Crippen molar-refractivity contribution >= 4 is 23.6 Å². The third-order valence-electron chi connectivity index (χ3n) is 4.50. The van der Waals surface area contributed by atoms with Gasteiger partial charge in [-0.2, -0.15) is 0 Å². The minimum atomic E-state index is -0.334. The van der Waals surface area contributed by atoms with E-state index in [1.807, 2.05) is 24.3 Å². The molecule has 1 aromatic carbocycles. The number of fused-ring (bicyclic) bond motifs is 1. The van der Waals surface area contributed by atoms with Crippen LogP contribution in [0.5, 0.6) is 0 Å². The van der Waals surface area contributed by atoms with E-state index in [1.165, 1.54) is 0 Å². The predicted octanol–water partition coefficient (Wildman–Crippen LogP) is 3.22. The van der Waals surface area contributed by atoms with Gasteiger partial charge in [0.1, 0.15) is 0 Å². The van der Waals surface area contributed by atoms with Crippen LogP contribution in [-0.2, 0) is 24.1 Å². The van der Waals surface area contributed by atoms with Gasteiger partial charge in [-0.15, -0.1) is 0 Å². The third-order valence-corrected chi connectivity index (χ3v) is 4.73. The summed E-state index contributed by atoms with van der Waals surface area (Å²) in [5, 5.41) is 3.63. The summed E-state index contributed by atoms with van der Waals surface area (Å²) in [4.78, 5) is 30.3. The molecule has 1 N–H and O–H groups in total. The van der Waals surface area contributed by atoms with Crippen LogP contribution in [0, 0.1) is 0 Å². The van der Waals surface area contributed by atoms with E-state index in [1.54, 1.807) is 24.2 Å². The Hall–Kier alpha value is -2.60. The van der Waals surface area contributed by atoms with Gasteiger partial charge in [-0.05, 0) is 48.6 Å². The first-order chi connectivity index (χ1) is 13.1. The molecule has 0 spiro atoms. The van der Waals surface area contributed by atoms with Gasteiger partial charge in [-0.25, -0.2) is 4.79 Å². The number of rotatable bonds is 5. The molecule has 142 valence electrons. The SMILES string of the molecule is CCOC(=O)N1CCc2c(cncc2C(=O)NCCc2cccc(Cl)c2)C1. The molecule has 0 atom stereocenters. The van der Waals surface area contributed by atoms with Crippen LogP contribution in [0.2, 0.25) is 5.02 Å². The maximum absolute atomic E-state index is 12.6. The van der Waals surface area contributed by atoms with Gasteiger partial charge in [0, 0.05) is 30.5 Å². The van der Waals surface area contributed by atoms with Gasteiger partial charge in [0.15, 0.2) is 0 Å². The maximum atomic E-state index is 12.6. The second-order valence-corrected chi connectivity index (χ2v) is 6.77. The molecule has 0 saturated heterocycles. The Kier molecular flexibility index (Phi) is 6.29. The van der Waals surface area contributed by atoms with Gasteiger partial charge < -0.3 is 15.0 Å². The Bertz CT molecular complexity index is 841. The van der Waals surface area contributed by atoms with Gasteiger partial charge >= 0.3 is 6.09 Å². The van der Waals surface area contributed by atoms with Gasteiger partial charge in [-0.1, -0.05) is 23.7 Å². The lowest BCUT2D eigenvalue weighted by Crippen LogP contribution is -2.37. The summed E-state index contributed by atoms with van der Waals surface area (Å²) in [7, 11) is 0. The predicted molar refractivity (Wildman–Crippen MR) is 103 cm³/mol. The molecule has 0 bridgehead atoms. The summed E-state index contributed by atoms with van der Waals surface area (Å²) >= 11 is 5.98. The lowest BCUT2D eigenvalue weighted by atomic mass is 9.97. The Morgan fingerprint density at radius 3 is 2.96 bits per heavy atom. The van der Waals surface area contributed by atoms with Crippen molar-refractivity contribution in [1.82, 2.24) is 15.2 Å². The minimum Gasteiger partial charge on any atom is -0.450 e. The van der Waals surface area contributed by atoms with Crippen LogP contribution in [0.4, 0.5) is 4.79 Å². The maximum Gasteiger partial charge on any atom is 0.410 e. The number of hydrogen-bond donors (Lipinski definition) is 1. The van der Waals surface area contributed by atoms with E-state index in [9.17, 15) is 9.59 Å². The highest BCUT2D eigenvalue weighted by molar-refractivity contribution is 6.30. The molecular formula is C20H22ClN3O3. The standard InChI is InChI=1S/C20H22ClN3O3/c1-2-27-20(26)24-9-7-17-15(13-24)11-22-12-18(17)19(25)23-8-6-14-4-3-5-16(21)10-14/h3-5,10-12H,2,6-9,13H2,1H3,(H,23,25). The van der Waals surface area contributed by atoms with Gasteiger partial charge in [0.25, 0.3) is 5.91 Å². The van der Waals surface area contributed by atoms with Crippen molar-refractivity contribution in [3.05, 3.63) is 63.9 Å². The highest BCUT2D eigenvalue weighted by atomic mass is 35.5. The van der Waals surface area contributed by atoms with Crippen molar-refractivity contribution in [3.8, 4) is 0 Å². The molecule has 27 heavy (non-hydrogen) atoms. The minimum absolute atomic E-state index is 0.147. The number of hydrogen-bond acceptors (Lipinski definition) is 4. The summed E-state index contributed by atoms with van der Waals surface area (Å²) < 4.78 is 5.06. The topological polar surface area (TPSA) is 71.5 Å². The number of benzene rings is 1. The highest BCUT2D eigenvalue weighted by Gasteiger charge is 2.25. The zero-order valence-electron chi connectivity index (χ0n) is 15.2. The molecule has 0 saturated carbocycles. The van der Waals surface area contributed by atoms with Crippen LogP contribution in [-0.4, -0.2) is 41.6 Å². The van der Waals surface area contributed by atoms with Crippen LogP contribution in [0.3, 0.4) is 0 Å². The van der Waals surface area contributed by atoms with Crippen molar-refractivity contribution in [1.29, 1.82) is 0 Å². The number of amides is 2. The van der Waals surface area contributed by atoms with E-state index in [2.05, 4.69) is 10.3 Å². The molecule has 0 fully saturated rings. The molecule has 0 unspecified atom stereocenters. The molecule has 2 heterocycles. The fraction of sp³-hybridized carbons (Fsp3) is 0.350. The lowest BCUT2D eigenvalue weighted by molar-refractivity contribution is 0.0950. The molecular weight excluding hydrogens is 366 g/mol. The fourth-order valence-electron chi connectivity index (χ4n) is 3.17. The van der Waals surface area contributed by atoms with Crippen LogP contribution < -0.4 is 5.32 Å². The molecule has 1 aromatic heterocycles. The number of halogens is 1. The van der Waals surface area contributed by atoms with E-state index in [0.717, 1.165) is 16.7 Å². The number of pyridine rings is 1. The molecule has 6 nitrogen and oxygen atoms in total. The van der Waals surface area contributed by atoms with Crippen LogP contribution in [0.25, 0.3) is 0 Å². The molecule has 2 amide bonds. The van der Waals surface area contributed by atoms with Crippen LogP contribution in [0.15, 0.2) is 36.7 Å². The molecule has 1 aliphatic rings. The largest absolute Gasteiger partial charge is 0.450 e. The van der Waals surface area contributed by atoms with Gasteiger partial charge in [0.2, 0.25) is 0 Å². The fourth-order valence-corrected chi connectivity index (χ4v) is 3.38. The molecule has 7 heteroatoms. The first-order valence-corrected chi connectivity index (χ1v) is 9.36. The quantitative estimate of drug-likeness (QED) is 0.855. The smallest absolute Gasteiger partial charge is 0.410 e. The first-order valence-electron chi connectivity index (χ1n) is 8.98. The van der Waals surface area contributed by atoms with Crippen molar-refractivity contribution in [2.45, 2.75) is 26.3 Å². The van der Waals surface area contributed by atoms with Crippen molar-refractivity contribution in [2.24, 2.45) is 0 Å². The summed E-state index contributed by atoms with van der Waals surface area (Å²) in [5.74, 6) is -0.147. The Morgan fingerprint density at radius 2 is 2.19 bits per heavy atom. The summed E-state index contributed by atoms with van der Waals surface area (Å²) in [5.41, 5.74) is 3.48. The van der Waals surface area contributed by atoms with E-state index in [4.69, 9.17) is 16.3 Å². The van der Waals surface area contributed by atoms with Gasteiger partial charge in [-0.3, -0.25) is 9.78 Å². The highest BCUT2D eigenvalue weighted by Crippen LogP contribution is 2.22. The van der Waals surface area contributed by atoms with E-state index in [-0.39, 0.29) is 12.0 Å². The first kappa shape index (κ1) is 19.2. The Labute approximate surface area is 163 Å². The number of ether oxygens (including phenoxy) is 1. The number of carbonyl (C=O) groups excluding carboxylic acids is 2. The average molecular weight is 388 g/mol. The number of carbonyl (C=O) groups is 2. The van der Waals surface area contributed by atoms with Crippen molar-refractivity contribution in [2.75, 3.05) is 19.7 Å². The average Bonchev–Trinajstić information content (AvgIpc) is 2.67. The third kappa shape index (κ3) is 4.77. The number of aromatic nitrogens is 1. The van der Waals surface area contributed by atoms with Crippen LogP contribution >= 0.6 is 11.6 Å². The summed E-state index contributed by atoms with van der Waals surface area (Å²) in [6.07, 6.45) is 4.27. The summed E-state index contributed by atoms with van der Waals surface area (Å²) in [6, 6.07) is 7.59.